The molecular formula is C31H25NO4. The van der Waals surface area contributed by atoms with Gasteiger partial charge < -0.3 is 15.2 Å². The molecule has 5 aromatic carbocycles. The molecule has 0 heterocycles. The number of ether oxygens (including phenoxy) is 1. The Balaban J connectivity index is 1.21. The molecule has 2 N–H and O–H groups in total. The van der Waals surface area contributed by atoms with E-state index in [9.17, 15) is 9.59 Å². The number of carboxylic acid groups (broad SMARTS) is 1. The van der Waals surface area contributed by atoms with Gasteiger partial charge in [-0.05, 0) is 81.6 Å². The van der Waals surface area contributed by atoms with Gasteiger partial charge in [0.1, 0.15) is 12.4 Å². The Morgan fingerprint density at radius 3 is 2.14 bits per heavy atom. The summed E-state index contributed by atoms with van der Waals surface area (Å²) in [6.07, 6.45) is 0.617. The molecule has 36 heavy (non-hydrogen) atoms. The number of carbonyl (C=O) groups is 2. The minimum atomic E-state index is -0.951. The zero-order chi connectivity index (χ0) is 24.9. The smallest absolute Gasteiger partial charge is 0.335 e. The van der Waals surface area contributed by atoms with Crippen molar-refractivity contribution in [3.8, 4) is 5.75 Å². The number of carboxylic acids is 1. The quantitative estimate of drug-likeness (QED) is 0.278. The van der Waals surface area contributed by atoms with Crippen molar-refractivity contribution in [2.24, 2.45) is 0 Å². The van der Waals surface area contributed by atoms with Crippen LogP contribution in [0.1, 0.15) is 31.8 Å². The van der Waals surface area contributed by atoms with Crippen LogP contribution in [0.2, 0.25) is 0 Å². The van der Waals surface area contributed by atoms with Crippen molar-refractivity contribution in [1.29, 1.82) is 0 Å². The lowest BCUT2D eigenvalue weighted by molar-refractivity contribution is 0.0696. The van der Waals surface area contributed by atoms with Crippen LogP contribution >= 0.6 is 0 Å². The highest BCUT2D eigenvalue weighted by molar-refractivity contribution is 5.98. The first-order chi connectivity index (χ1) is 17.5. The molecule has 0 saturated heterocycles. The summed E-state index contributed by atoms with van der Waals surface area (Å²) in [4.78, 5) is 23.7. The molecule has 0 unspecified atom stereocenters. The average molecular weight is 476 g/mol. The van der Waals surface area contributed by atoms with E-state index in [1.54, 1.807) is 24.3 Å². The Morgan fingerprint density at radius 2 is 1.33 bits per heavy atom. The van der Waals surface area contributed by atoms with Crippen LogP contribution < -0.4 is 10.1 Å². The van der Waals surface area contributed by atoms with Gasteiger partial charge in [-0.25, -0.2) is 4.79 Å². The molecule has 5 rings (SSSR count). The van der Waals surface area contributed by atoms with Crippen LogP contribution in [0.15, 0.2) is 103 Å². The molecule has 0 aliphatic carbocycles. The second kappa shape index (κ2) is 10.3. The van der Waals surface area contributed by atoms with Gasteiger partial charge in [0.2, 0.25) is 0 Å². The second-order valence-corrected chi connectivity index (χ2v) is 8.70. The van der Waals surface area contributed by atoms with E-state index in [1.807, 2.05) is 48.5 Å². The summed E-state index contributed by atoms with van der Waals surface area (Å²) >= 11 is 0. The molecule has 0 radical (unpaired) electrons. The van der Waals surface area contributed by atoms with E-state index >= 15 is 0 Å². The highest BCUT2D eigenvalue weighted by atomic mass is 16.5. The fourth-order valence-corrected chi connectivity index (χ4v) is 4.19. The standard InChI is InChI=1S/C31H25NO4/c33-30(32-16-15-21-5-9-25(10-6-21)31(34)35)27-12-11-24-13-14-29(19-28(24)18-27)36-20-22-7-8-23-3-1-2-4-26(23)17-22/h1-14,17-19H,15-16,20H2,(H,32,33)(H,34,35). The number of fused-ring (bicyclic) bond motifs is 2. The molecule has 0 bridgehead atoms. The minimum absolute atomic E-state index is 0.151. The monoisotopic (exact) mass is 475 g/mol. The number of nitrogens with one attached hydrogen (secondary N) is 1. The summed E-state index contributed by atoms with van der Waals surface area (Å²) in [7, 11) is 0. The molecule has 0 atom stereocenters. The molecule has 0 aromatic heterocycles. The van der Waals surface area contributed by atoms with Gasteiger partial charge in [-0.2, -0.15) is 0 Å². The average Bonchev–Trinajstić information content (AvgIpc) is 2.91. The molecule has 178 valence electrons. The zero-order valence-corrected chi connectivity index (χ0v) is 19.6. The van der Waals surface area contributed by atoms with Crippen LogP contribution in [0.4, 0.5) is 0 Å². The molecular weight excluding hydrogens is 450 g/mol. The van der Waals surface area contributed by atoms with Crippen molar-refractivity contribution in [3.05, 3.63) is 125 Å². The second-order valence-electron chi connectivity index (χ2n) is 8.70. The zero-order valence-electron chi connectivity index (χ0n) is 19.6. The van der Waals surface area contributed by atoms with Gasteiger partial charge in [0.15, 0.2) is 0 Å². The maximum atomic E-state index is 12.7. The van der Waals surface area contributed by atoms with Crippen molar-refractivity contribution in [2.75, 3.05) is 6.54 Å². The molecule has 5 nitrogen and oxygen atoms in total. The number of carbonyl (C=O) groups excluding carboxylic acids is 1. The first-order valence-corrected chi connectivity index (χ1v) is 11.8. The van der Waals surface area contributed by atoms with Crippen LogP contribution in [0.5, 0.6) is 5.75 Å². The summed E-state index contributed by atoms with van der Waals surface area (Å²) in [5.74, 6) is -0.354. The number of amides is 1. The highest BCUT2D eigenvalue weighted by Gasteiger charge is 2.08. The Morgan fingerprint density at radius 1 is 0.667 bits per heavy atom. The maximum Gasteiger partial charge on any atom is 0.335 e. The van der Waals surface area contributed by atoms with Gasteiger partial charge in [-0.1, -0.05) is 60.7 Å². The molecule has 1 amide bonds. The number of hydrogen-bond acceptors (Lipinski definition) is 3. The molecule has 5 heteroatoms. The van der Waals surface area contributed by atoms with Crippen LogP contribution in [-0.4, -0.2) is 23.5 Å². The van der Waals surface area contributed by atoms with Gasteiger partial charge in [0.05, 0.1) is 5.56 Å². The number of hydrogen-bond donors (Lipinski definition) is 2. The summed E-state index contributed by atoms with van der Waals surface area (Å²) in [5, 5.41) is 16.3. The van der Waals surface area contributed by atoms with Crippen LogP contribution in [0, 0.1) is 0 Å². The summed E-state index contributed by atoms with van der Waals surface area (Å²) in [5.41, 5.74) is 2.89. The lowest BCUT2D eigenvalue weighted by Gasteiger charge is -2.10. The van der Waals surface area contributed by atoms with Gasteiger partial charge >= 0.3 is 5.97 Å². The topological polar surface area (TPSA) is 75.6 Å². The Kier molecular flexibility index (Phi) is 6.63. The van der Waals surface area contributed by atoms with Crippen molar-refractivity contribution >= 4 is 33.4 Å². The molecule has 5 aromatic rings. The lowest BCUT2D eigenvalue weighted by Crippen LogP contribution is -2.25. The third kappa shape index (κ3) is 5.36. The van der Waals surface area contributed by atoms with Gasteiger partial charge in [-0.15, -0.1) is 0 Å². The first kappa shape index (κ1) is 23.1. The maximum absolute atomic E-state index is 12.7. The van der Waals surface area contributed by atoms with Gasteiger partial charge in [-0.3, -0.25) is 4.79 Å². The Bertz CT molecular complexity index is 1560. The number of rotatable bonds is 8. The van der Waals surface area contributed by atoms with Crippen LogP contribution in [0.25, 0.3) is 21.5 Å². The molecule has 0 aliphatic rings. The summed E-state index contributed by atoms with van der Waals surface area (Å²) < 4.78 is 6.05. The van der Waals surface area contributed by atoms with E-state index in [1.165, 1.54) is 10.8 Å². The van der Waals surface area contributed by atoms with Gasteiger partial charge in [0, 0.05) is 12.1 Å². The lowest BCUT2D eigenvalue weighted by atomic mass is 10.1. The highest BCUT2D eigenvalue weighted by Crippen LogP contribution is 2.24. The van der Waals surface area contributed by atoms with Crippen molar-refractivity contribution < 1.29 is 19.4 Å². The molecule has 0 spiro atoms. The summed E-state index contributed by atoms with van der Waals surface area (Å²) in [6.45, 7) is 0.919. The first-order valence-electron chi connectivity index (χ1n) is 11.8. The SMILES string of the molecule is O=C(O)c1ccc(CCNC(=O)c2ccc3ccc(OCc4ccc5ccccc5c4)cc3c2)cc1. The van der Waals surface area contributed by atoms with E-state index < -0.39 is 5.97 Å². The van der Waals surface area contributed by atoms with Crippen LogP contribution in [-0.2, 0) is 13.0 Å². The number of aromatic carboxylic acids is 1. The number of benzene rings is 5. The normalized spacial score (nSPS) is 10.9. The Hall–Kier alpha value is -4.64. The van der Waals surface area contributed by atoms with E-state index in [-0.39, 0.29) is 11.5 Å². The summed E-state index contributed by atoms with van der Waals surface area (Å²) in [6, 6.07) is 32.8. The fourth-order valence-electron chi connectivity index (χ4n) is 4.19. The Labute approximate surface area is 209 Å². The third-order valence-electron chi connectivity index (χ3n) is 6.19. The minimum Gasteiger partial charge on any atom is -0.489 e. The fraction of sp³-hybridized carbons (Fsp3) is 0.0968. The van der Waals surface area contributed by atoms with Crippen molar-refractivity contribution in [3.63, 3.8) is 0 Å². The molecule has 0 aliphatic heterocycles. The van der Waals surface area contributed by atoms with Crippen molar-refractivity contribution in [1.82, 2.24) is 5.32 Å². The van der Waals surface area contributed by atoms with E-state index in [0.717, 1.165) is 27.6 Å². The van der Waals surface area contributed by atoms with E-state index in [2.05, 4.69) is 35.6 Å². The largest absolute Gasteiger partial charge is 0.489 e. The molecule has 0 fully saturated rings. The predicted octanol–water partition coefficient (Wildman–Crippen LogP) is 6.24. The predicted molar refractivity (Wildman–Crippen MR) is 142 cm³/mol. The van der Waals surface area contributed by atoms with Crippen LogP contribution in [0.3, 0.4) is 0 Å². The van der Waals surface area contributed by atoms with Gasteiger partial charge in [0.25, 0.3) is 5.91 Å². The molecule has 0 saturated carbocycles. The van der Waals surface area contributed by atoms with E-state index in [4.69, 9.17) is 9.84 Å². The van der Waals surface area contributed by atoms with Crippen molar-refractivity contribution in [2.45, 2.75) is 13.0 Å². The van der Waals surface area contributed by atoms with E-state index in [0.29, 0.717) is 25.1 Å². The third-order valence-corrected chi connectivity index (χ3v) is 6.19.